The first kappa shape index (κ1) is 21.2. The third-order valence-corrected chi connectivity index (χ3v) is 5.15. The molecule has 12 heteroatoms. The Morgan fingerprint density at radius 1 is 1.35 bits per heavy atom. The summed E-state index contributed by atoms with van der Waals surface area (Å²) in [5.41, 5.74) is 7.70. The fourth-order valence-corrected chi connectivity index (χ4v) is 3.48. The van der Waals surface area contributed by atoms with E-state index in [1.54, 1.807) is 24.3 Å². The van der Waals surface area contributed by atoms with E-state index in [2.05, 4.69) is 9.98 Å². The Morgan fingerprint density at radius 3 is 2.87 bits per heavy atom. The van der Waals surface area contributed by atoms with Crippen molar-refractivity contribution < 1.29 is 34.4 Å². The fraction of sp³-hybridized carbons (Fsp3) is 0.421. The van der Waals surface area contributed by atoms with Gasteiger partial charge in [0.15, 0.2) is 17.5 Å². The number of carbonyl (C=O) groups excluding carboxylic acids is 1. The number of fused-ring (bicyclic) bond motifs is 1. The van der Waals surface area contributed by atoms with E-state index in [-0.39, 0.29) is 19.1 Å². The lowest BCUT2D eigenvalue weighted by Crippen LogP contribution is -2.47. The molecule has 0 saturated carbocycles. The van der Waals surface area contributed by atoms with Crippen LogP contribution in [0.1, 0.15) is 22.1 Å². The minimum absolute atomic E-state index is 0.0516. The average Bonchev–Trinajstić information content (AvgIpc) is 3.34. The minimum atomic E-state index is -1.26. The standard InChI is InChI=1S/C19H23N5O7/c1-29-19(28)11-4-2-3-10(5-11)7-30-24-9-22-17-13(16(24)20)21-8-23(17)18-15(27)14(26)12(6-25)31-18/h2-5,8,12,14-15,18,25-27H,6-7,9,20H2,1H3/t12-,14-,15-,18-/m1/s1. The molecule has 3 heterocycles. The van der Waals surface area contributed by atoms with E-state index in [0.29, 0.717) is 16.4 Å². The van der Waals surface area contributed by atoms with Gasteiger partial charge in [0.2, 0.25) is 0 Å². The van der Waals surface area contributed by atoms with Gasteiger partial charge in [-0.2, -0.15) is 0 Å². The molecule has 2 aliphatic heterocycles. The highest BCUT2D eigenvalue weighted by molar-refractivity contribution is 5.89. The van der Waals surface area contributed by atoms with Crippen molar-refractivity contribution >= 4 is 11.8 Å². The largest absolute Gasteiger partial charge is 0.465 e. The molecule has 1 saturated heterocycles. The molecule has 1 fully saturated rings. The number of esters is 1. The lowest BCUT2D eigenvalue weighted by Gasteiger charge is -2.24. The smallest absolute Gasteiger partial charge is 0.337 e. The second-order valence-corrected chi connectivity index (χ2v) is 7.08. The highest BCUT2D eigenvalue weighted by Crippen LogP contribution is 2.27. The maximum atomic E-state index is 11.7. The van der Waals surface area contributed by atoms with Crippen LogP contribution in [-0.2, 0) is 20.9 Å². The van der Waals surface area contributed by atoms with Gasteiger partial charge in [-0.3, -0.25) is 9.40 Å². The number of benzene rings is 1. The number of methoxy groups -OCH3 is 1. The summed E-state index contributed by atoms with van der Waals surface area (Å²) in [7, 11) is 1.31. The molecule has 0 radical (unpaired) electrons. The average molecular weight is 433 g/mol. The Hall–Kier alpha value is -3.03. The van der Waals surface area contributed by atoms with Gasteiger partial charge in [-0.1, -0.05) is 12.1 Å². The predicted molar refractivity (Wildman–Crippen MR) is 103 cm³/mol. The Bertz CT molecular complexity index is 1090. The second-order valence-electron chi connectivity index (χ2n) is 7.08. The first-order valence-corrected chi connectivity index (χ1v) is 9.52. The molecular formula is C19H23N5O7. The van der Waals surface area contributed by atoms with Gasteiger partial charge in [0.1, 0.15) is 36.9 Å². The van der Waals surface area contributed by atoms with Crippen molar-refractivity contribution in [3.05, 3.63) is 52.6 Å². The number of carbonyl (C=O) groups is 1. The topological polar surface area (TPSA) is 165 Å². The number of rotatable bonds is 6. The van der Waals surface area contributed by atoms with Gasteiger partial charge >= 0.3 is 5.97 Å². The molecule has 0 bridgehead atoms. The number of ether oxygens (including phenoxy) is 2. The minimum Gasteiger partial charge on any atom is -0.465 e. The molecule has 4 rings (SSSR count). The van der Waals surface area contributed by atoms with Crippen LogP contribution in [0.2, 0.25) is 0 Å². The van der Waals surface area contributed by atoms with Crippen LogP contribution < -0.4 is 16.6 Å². The van der Waals surface area contributed by atoms with Crippen LogP contribution >= 0.6 is 0 Å². The molecule has 1 aromatic carbocycles. The molecule has 0 spiro atoms. The van der Waals surface area contributed by atoms with Gasteiger partial charge in [-0.15, -0.1) is 0 Å². The van der Waals surface area contributed by atoms with Crippen LogP contribution in [0.3, 0.4) is 0 Å². The number of nitrogens with zero attached hydrogens (tertiary/aromatic N) is 4. The molecule has 31 heavy (non-hydrogen) atoms. The van der Waals surface area contributed by atoms with Crippen molar-refractivity contribution in [2.24, 2.45) is 10.7 Å². The zero-order valence-corrected chi connectivity index (χ0v) is 16.7. The lowest BCUT2D eigenvalue weighted by molar-refractivity contribution is -0.124. The molecule has 0 amide bonds. The number of aliphatic hydroxyl groups excluding tert-OH is 3. The van der Waals surface area contributed by atoms with E-state index < -0.39 is 37.1 Å². The summed E-state index contributed by atoms with van der Waals surface area (Å²) >= 11 is 0. The van der Waals surface area contributed by atoms with Crippen molar-refractivity contribution in [2.45, 2.75) is 31.1 Å². The zero-order chi connectivity index (χ0) is 22.1. The van der Waals surface area contributed by atoms with Crippen molar-refractivity contribution in [2.75, 3.05) is 20.4 Å². The quantitative estimate of drug-likeness (QED) is 0.353. The van der Waals surface area contributed by atoms with Crippen molar-refractivity contribution in [3.63, 3.8) is 0 Å². The van der Waals surface area contributed by atoms with Crippen LogP contribution in [0, 0.1) is 0 Å². The normalized spacial score (nSPS) is 25.3. The maximum Gasteiger partial charge on any atom is 0.337 e. The van der Waals surface area contributed by atoms with Gasteiger partial charge in [-0.25, -0.2) is 19.8 Å². The molecular weight excluding hydrogens is 410 g/mol. The number of hydroxylamine groups is 2. The summed E-state index contributed by atoms with van der Waals surface area (Å²) in [6, 6.07) is 6.82. The third-order valence-electron chi connectivity index (χ3n) is 5.15. The van der Waals surface area contributed by atoms with Crippen LogP contribution in [0.4, 0.5) is 0 Å². The molecule has 1 aromatic heterocycles. The first-order valence-electron chi connectivity index (χ1n) is 9.52. The first-order chi connectivity index (χ1) is 14.9. The second kappa shape index (κ2) is 8.61. The molecule has 0 aliphatic carbocycles. The zero-order valence-electron chi connectivity index (χ0n) is 16.7. The third kappa shape index (κ3) is 3.86. The van der Waals surface area contributed by atoms with Crippen LogP contribution in [0.15, 0.2) is 35.6 Å². The molecule has 166 valence electrons. The van der Waals surface area contributed by atoms with Crippen LogP contribution in [-0.4, -0.2) is 74.6 Å². The Morgan fingerprint density at radius 2 is 2.16 bits per heavy atom. The van der Waals surface area contributed by atoms with E-state index in [4.69, 9.17) is 20.0 Å². The van der Waals surface area contributed by atoms with E-state index in [9.17, 15) is 20.1 Å². The van der Waals surface area contributed by atoms with E-state index in [1.165, 1.54) is 23.1 Å². The summed E-state index contributed by atoms with van der Waals surface area (Å²) in [6.45, 7) is -0.252. The molecule has 2 aromatic rings. The Labute approximate surface area is 176 Å². The Kier molecular flexibility index (Phi) is 5.89. The number of imidazole rings is 1. The van der Waals surface area contributed by atoms with Crippen molar-refractivity contribution in [3.8, 4) is 0 Å². The maximum absolute atomic E-state index is 11.7. The predicted octanol–water partition coefficient (Wildman–Crippen LogP) is -2.67. The number of aromatic nitrogens is 2. The number of aliphatic hydroxyl groups is 3. The van der Waals surface area contributed by atoms with Crippen molar-refractivity contribution in [1.29, 1.82) is 0 Å². The number of hydrogen-bond donors (Lipinski definition) is 4. The van der Waals surface area contributed by atoms with Gasteiger partial charge in [0.25, 0.3) is 0 Å². The van der Waals surface area contributed by atoms with Gasteiger partial charge in [0, 0.05) is 0 Å². The summed E-state index contributed by atoms with van der Waals surface area (Å²) in [5, 5.41) is 31.2. The van der Waals surface area contributed by atoms with E-state index in [0.717, 1.165) is 5.56 Å². The monoisotopic (exact) mass is 433 g/mol. The number of nitrogens with two attached hydrogens (primary N) is 1. The summed E-state index contributed by atoms with van der Waals surface area (Å²) < 4.78 is 11.7. The van der Waals surface area contributed by atoms with Crippen molar-refractivity contribution in [1.82, 2.24) is 14.6 Å². The van der Waals surface area contributed by atoms with Gasteiger partial charge < -0.3 is 30.5 Å². The van der Waals surface area contributed by atoms with Gasteiger partial charge in [0.05, 0.1) is 25.6 Å². The molecule has 12 nitrogen and oxygen atoms in total. The van der Waals surface area contributed by atoms with Crippen LogP contribution in [0.25, 0.3) is 5.82 Å². The Balaban J connectivity index is 1.52. The molecule has 2 aliphatic rings. The van der Waals surface area contributed by atoms with E-state index >= 15 is 0 Å². The summed E-state index contributed by atoms with van der Waals surface area (Å²) in [5.74, 6) is -0.236. The van der Waals surface area contributed by atoms with E-state index in [1.807, 2.05) is 0 Å². The SMILES string of the molecule is COC(=O)c1cccc(CON2CN=c3c(ncn3[C@@H]3O[C@H](CO)[C@@H](O)[C@H]3O)=C2N)c1. The lowest BCUT2D eigenvalue weighted by atomic mass is 10.1. The summed E-state index contributed by atoms with van der Waals surface area (Å²) in [6.07, 6.45) is -2.98. The highest BCUT2D eigenvalue weighted by Gasteiger charge is 2.44. The highest BCUT2D eigenvalue weighted by atomic mass is 16.7. The number of hydrogen-bond acceptors (Lipinski definition) is 11. The molecule has 0 unspecified atom stereocenters. The summed E-state index contributed by atoms with van der Waals surface area (Å²) in [4.78, 5) is 26.0. The molecule has 5 N–H and O–H groups in total. The fourth-order valence-electron chi connectivity index (χ4n) is 3.48. The van der Waals surface area contributed by atoms with Gasteiger partial charge in [-0.05, 0) is 17.7 Å². The van der Waals surface area contributed by atoms with Crippen LogP contribution in [0.5, 0.6) is 0 Å². The molecule has 4 atom stereocenters.